The van der Waals surface area contributed by atoms with Crippen LogP contribution >= 0.6 is 0 Å². The first-order valence-corrected chi connectivity index (χ1v) is 6.81. The van der Waals surface area contributed by atoms with Crippen LogP contribution < -0.4 is 4.90 Å². The number of hydrogen-bond donors (Lipinski definition) is 0. The Hall–Kier alpha value is -1.20. The zero-order chi connectivity index (χ0) is 13.3. The zero-order valence-corrected chi connectivity index (χ0v) is 11.1. The fraction of sp³-hybridized carbons (Fsp3) is 0.643. The smallest absolute Gasteiger partial charge is 0.168 e. The van der Waals surface area contributed by atoms with E-state index >= 15 is 0 Å². The minimum atomic E-state index is -0.326. The Bertz CT molecular complexity index is 422. The highest BCUT2D eigenvalue weighted by Crippen LogP contribution is 2.37. The van der Waals surface area contributed by atoms with Gasteiger partial charge in [0.05, 0.1) is 19.4 Å². The number of aromatic nitrogens is 1. The Morgan fingerprint density at radius 1 is 1.26 bits per heavy atom. The van der Waals surface area contributed by atoms with Crippen LogP contribution in [0, 0.1) is 5.82 Å². The summed E-state index contributed by atoms with van der Waals surface area (Å²) in [5.74, 6) is 0.191. The summed E-state index contributed by atoms with van der Waals surface area (Å²) in [4.78, 5) is 6.26. The molecule has 0 N–H and O–H groups in total. The predicted octanol–water partition coefficient (Wildman–Crippen LogP) is 2.34. The van der Waals surface area contributed by atoms with Crippen molar-refractivity contribution < 1.29 is 13.9 Å². The van der Waals surface area contributed by atoms with Gasteiger partial charge >= 0.3 is 0 Å². The van der Waals surface area contributed by atoms with Crippen molar-refractivity contribution in [1.29, 1.82) is 0 Å². The molecule has 19 heavy (non-hydrogen) atoms. The summed E-state index contributed by atoms with van der Waals surface area (Å²) in [6.45, 7) is 1.42. The van der Waals surface area contributed by atoms with Crippen molar-refractivity contribution in [2.45, 2.75) is 37.5 Å². The lowest BCUT2D eigenvalue weighted by molar-refractivity contribution is -0.178. The molecule has 1 saturated heterocycles. The normalized spacial score (nSPS) is 22.8. The minimum absolute atomic E-state index is 0.299. The number of nitrogens with zero attached hydrogens (tertiary/aromatic N) is 2. The van der Waals surface area contributed by atoms with Gasteiger partial charge in [-0.2, -0.15) is 0 Å². The summed E-state index contributed by atoms with van der Waals surface area (Å²) in [5.41, 5.74) is 0. The molecule has 3 rings (SSSR count). The van der Waals surface area contributed by atoms with E-state index in [1.54, 1.807) is 6.07 Å². The summed E-state index contributed by atoms with van der Waals surface area (Å²) >= 11 is 0. The average Bonchev–Trinajstić information content (AvgIpc) is 2.88. The van der Waals surface area contributed by atoms with Crippen LogP contribution in [0.25, 0.3) is 0 Å². The summed E-state index contributed by atoms with van der Waals surface area (Å²) in [6.07, 6.45) is 5.12. The van der Waals surface area contributed by atoms with Gasteiger partial charge in [-0.15, -0.1) is 0 Å². The highest BCUT2D eigenvalue weighted by molar-refractivity contribution is 5.38. The third-order valence-corrected chi connectivity index (χ3v) is 4.15. The van der Waals surface area contributed by atoms with Crippen molar-refractivity contribution in [3.8, 4) is 0 Å². The van der Waals surface area contributed by atoms with Crippen molar-refractivity contribution in [2.75, 3.05) is 25.2 Å². The third kappa shape index (κ3) is 2.58. The molecule has 1 aromatic rings. The summed E-state index contributed by atoms with van der Waals surface area (Å²) < 4.78 is 24.3. The molecule has 0 aromatic carbocycles. The fourth-order valence-electron chi connectivity index (χ4n) is 2.98. The van der Waals surface area contributed by atoms with Gasteiger partial charge in [0, 0.05) is 25.9 Å². The molecular weight excluding hydrogens is 247 g/mol. The first kappa shape index (κ1) is 12.8. The maximum atomic E-state index is 12.9. The number of rotatable bonds is 2. The average molecular weight is 266 g/mol. The lowest BCUT2D eigenvalue weighted by Crippen LogP contribution is -2.43. The fourth-order valence-corrected chi connectivity index (χ4v) is 2.98. The van der Waals surface area contributed by atoms with Crippen molar-refractivity contribution in [3.63, 3.8) is 0 Å². The number of halogens is 1. The molecule has 2 aliphatic rings. The molecule has 2 fully saturated rings. The first-order valence-electron chi connectivity index (χ1n) is 6.81. The van der Waals surface area contributed by atoms with E-state index < -0.39 is 0 Å². The molecule has 4 nitrogen and oxygen atoms in total. The van der Waals surface area contributed by atoms with Gasteiger partial charge in [-0.05, 0) is 25.0 Å². The topological polar surface area (TPSA) is 34.6 Å². The lowest BCUT2D eigenvalue weighted by Gasteiger charge is -2.39. The largest absolute Gasteiger partial charge is 0.357 e. The standard InChI is InChI=1S/C14H19FN2O2/c1-17(13-3-2-11(15)10-16-13)12-4-6-14(7-5-12)18-8-9-19-14/h2-3,10,12H,4-9H2,1H3. The number of pyridine rings is 1. The Morgan fingerprint density at radius 3 is 2.53 bits per heavy atom. The molecule has 1 aromatic heterocycles. The maximum Gasteiger partial charge on any atom is 0.168 e. The van der Waals surface area contributed by atoms with Crippen LogP contribution in [0.3, 0.4) is 0 Å². The monoisotopic (exact) mass is 266 g/mol. The Balaban J connectivity index is 1.63. The summed E-state index contributed by atoms with van der Waals surface area (Å²) in [7, 11) is 2.01. The molecule has 0 unspecified atom stereocenters. The van der Waals surface area contributed by atoms with Crippen LogP contribution in [0.2, 0.25) is 0 Å². The van der Waals surface area contributed by atoms with Crippen molar-refractivity contribution >= 4 is 5.82 Å². The highest BCUT2D eigenvalue weighted by Gasteiger charge is 2.41. The van der Waals surface area contributed by atoms with Crippen molar-refractivity contribution in [3.05, 3.63) is 24.1 Å². The van der Waals surface area contributed by atoms with Gasteiger partial charge in [0.15, 0.2) is 5.79 Å². The van der Waals surface area contributed by atoms with E-state index in [1.165, 1.54) is 12.3 Å². The Morgan fingerprint density at radius 2 is 1.95 bits per heavy atom. The second kappa shape index (κ2) is 5.06. The van der Waals surface area contributed by atoms with Crippen LogP contribution in [0.15, 0.2) is 18.3 Å². The van der Waals surface area contributed by atoms with Gasteiger partial charge in [0.25, 0.3) is 0 Å². The van der Waals surface area contributed by atoms with E-state index in [0.29, 0.717) is 19.3 Å². The second-order valence-electron chi connectivity index (χ2n) is 5.28. The number of hydrogen-bond acceptors (Lipinski definition) is 4. The molecule has 0 atom stereocenters. The molecule has 0 amide bonds. The van der Waals surface area contributed by atoms with Crippen LogP contribution in [0.5, 0.6) is 0 Å². The molecule has 0 radical (unpaired) electrons. The van der Waals surface area contributed by atoms with Crippen LogP contribution in [0.4, 0.5) is 10.2 Å². The van der Waals surface area contributed by atoms with Gasteiger partial charge < -0.3 is 14.4 Å². The van der Waals surface area contributed by atoms with Crippen molar-refractivity contribution in [1.82, 2.24) is 4.98 Å². The SMILES string of the molecule is CN(c1ccc(F)cn1)C1CCC2(CC1)OCCO2. The first-order chi connectivity index (χ1) is 9.19. The summed E-state index contributed by atoms with van der Waals surface area (Å²) in [6, 6.07) is 3.59. The van der Waals surface area contributed by atoms with Gasteiger partial charge in [0.1, 0.15) is 11.6 Å². The Kier molecular flexibility index (Phi) is 3.41. The number of ether oxygens (including phenoxy) is 2. The van der Waals surface area contributed by atoms with Crippen molar-refractivity contribution in [2.24, 2.45) is 0 Å². The third-order valence-electron chi connectivity index (χ3n) is 4.15. The van der Waals surface area contributed by atoms with Crippen LogP contribution in [-0.4, -0.2) is 37.1 Å². The minimum Gasteiger partial charge on any atom is -0.357 e. The van der Waals surface area contributed by atoms with Crippen LogP contribution in [-0.2, 0) is 9.47 Å². The van der Waals surface area contributed by atoms with E-state index in [0.717, 1.165) is 31.5 Å². The second-order valence-corrected chi connectivity index (χ2v) is 5.28. The predicted molar refractivity (Wildman–Crippen MR) is 69.5 cm³/mol. The molecule has 5 heteroatoms. The van der Waals surface area contributed by atoms with E-state index in [4.69, 9.17) is 9.47 Å². The van der Waals surface area contributed by atoms with E-state index in [9.17, 15) is 4.39 Å². The van der Waals surface area contributed by atoms with E-state index in [1.807, 2.05) is 7.05 Å². The Labute approximate surface area is 112 Å². The maximum absolute atomic E-state index is 12.9. The molecule has 2 heterocycles. The lowest BCUT2D eigenvalue weighted by atomic mass is 9.89. The van der Waals surface area contributed by atoms with Crippen LogP contribution in [0.1, 0.15) is 25.7 Å². The van der Waals surface area contributed by atoms with E-state index in [-0.39, 0.29) is 11.6 Å². The summed E-state index contributed by atoms with van der Waals surface area (Å²) in [5, 5.41) is 0. The molecule has 104 valence electrons. The van der Waals surface area contributed by atoms with Gasteiger partial charge in [-0.25, -0.2) is 9.37 Å². The molecule has 1 saturated carbocycles. The zero-order valence-electron chi connectivity index (χ0n) is 11.1. The van der Waals surface area contributed by atoms with Gasteiger partial charge in [-0.1, -0.05) is 0 Å². The quantitative estimate of drug-likeness (QED) is 0.823. The van der Waals surface area contributed by atoms with Gasteiger partial charge in [-0.3, -0.25) is 0 Å². The molecule has 0 bridgehead atoms. The molecular formula is C14H19FN2O2. The van der Waals surface area contributed by atoms with E-state index in [2.05, 4.69) is 9.88 Å². The number of anilines is 1. The van der Waals surface area contributed by atoms with Gasteiger partial charge in [0.2, 0.25) is 0 Å². The highest BCUT2D eigenvalue weighted by atomic mass is 19.1. The molecule has 1 aliphatic heterocycles. The molecule has 1 aliphatic carbocycles. The molecule has 1 spiro atoms.